The van der Waals surface area contributed by atoms with Crippen LogP contribution in [0.3, 0.4) is 0 Å². The van der Waals surface area contributed by atoms with E-state index in [9.17, 15) is 4.79 Å². The molecule has 1 aliphatic heterocycles. The van der Waals surface area contributed by atoms with Crippen LogP contribution in [0, 0.1) is 0 Å². The van der Waals surface area contributed by atoms with Gasteiger partial charge in [0.15, 0.2) is 0 Å². The maximum absolute atomic E-state index is 12.4. The van der Waals surface area contributed by atoms with E-state index in [0.717, 1.165) is 64.1 Å². The van der Waals surface area contributed by atoms with Gasteiger partial charge in [-0.3, -0.25) is 0 Å². The van der Waals surface area contributed by atoms with Crippen LogP contribution >= 0.6 is 0 Å². The summed E-state index contributed by atoms with van der Waals surface area (Å²) in [4.78, 5) is 14.7. The Labute approximate surface area is 219 Å². The maximum Gasteiger partial charge on any atom is 0.338 e. The first-order chi connectivity index (χ1) is 16.9. The van der Waals surface area contributed by atoms with Crippen LogP contribution in [-0.2, 0) is 4.79 Å². The summed E-state index contributed by atoms with van der Waals surface area (Å²) in [6.45, 7) is 14.5. The fourth-order valence-corrected chi connectivity index (χ4v) is 4.31. The van der Waals surface area contributed by atoms with E-state index in [-0.39, 0.29) is 12.4 Å². The molecule has 0 bridgehead atoms. The number of rotatable bonds is 7. The van der Waals surface area contributed by atoms with Crippen LogP contribution in [0.15, 0.2) is 77.2 Å². The zero-order valence-corrected chi connectivity index (χ0v) is 22.4. The minimum absolute atomic E-state index is 0. The molecule has 2 aliphatic rings. The van der Waals surface area contributed by atoms with E-state index in [1.807, 2.05) is 24.3 Å². The van der Waals surface area contributed by atoms with Gasteiger partial charge in [0.1, 0.15) is 30.7 Å². The third-order valence-electron chi connectivity index (χ3n) is 6.44. The van der Waals surface area contributed by atoms with E-state index in [0.29, 0.717) is 11.3 Å². The summed E-state index contributed by atoms with van der Waals surface area (Å²) >= 11 is 0. The van der Waals surface area contributed by atoms with Gasteiger partial charge in [0.05, 0.1) is 6.07 Å². The van der Waals surface area contributed by atoms with Gasteiger partial charge in [-0.15, -0.1) is 0 Å². The van der Waals surface area contributed by atoms with Crippen LogP contribution in [0.25, 0.3) is 33.4 Å². The average molecular weight is 505 g/mol. The molecule has 6 heteroatoms. The second-order valence-corrected chi connectivity index (χ2v) is 8.69. The number of carbonyl (C=O) groups is 1. The largest absolute Gasteiger partial charge is 1.00 e. The number of esters is 1. The third kappa shape index (κ3) is 5.17. The molecule has 0 radical (unpaired) electrons. The Kier molecular flexibility index (Phi) is 8.59. The lowest BCUT2D eigenvalue weighted by atomic mass is 9.93. The summed E-state index contributed by atoms with van der Waals surface area (Å²) in [7, 11) is 2.06. The molecule has 0 amide bonds. The Hall–Kier alpha value is -3.57. The standard InChI is InChI=1S/C30H33N2O3.ClH/c1-7-31(6)21-14-16-24-27(18-21)34-28-19-22(32(8-2)9-3)15-17-25(28)29(24)23-12-10-11-13-26(23)35-30(33)20(4)5;/h10-19H,4,7-9H2,1-3,5-6H3;1H/q+1;/p-1. The molecule has 2 aromatic carbocycles. The van der Waals surface area contributed by atoms with E-state index in [4.69, 9.17) is 9.15 Å². The molecular weight excluding hydrogens is 472 g/mol. The second kappa shape index (κ2) is 11.4. The molecular formula is C30H33ClN2O3. The van der Waals surface area contributed by atoms with Gasteiger partial charge in [-0.1, -0.05) is 24.8 Å². The number of halogens is 1. The zero-order valence-electron chi connectivity index (χ0n) is 21.6. The number of nitrogens with zero attached hydrogens (tertiary/aromatic N) is 2. The molecule has 4 rings (SSSR count). The minimum Gasteiger partial charge on any atom is -1.00 e. The molecule has 0 saturated heterocycles. The van der Waals surface area contributed by atoms with Crippen molar-refractivity contribution in [3.63, 3.8) is 0 Å². The SMILES string of the molecule is C=C(C)C(=O)Oc1ccccc1-c1c2ccc(=[N+](C)CC)cc-2oc2cc(N(CC)CC)ccc12.[Cl-]. The Bertz CT molecular complexity index is 1450. The summed E-state index contributed by atoms with van der Waals surface area (Å²) in [5, 5.41) is 2.04. The quantitative estimate of drug-likeness (QED) is 0.128. The van der Waals surface area contributed by atoms with Crippen molar-refractivity contribution >= 4 is 22.6 Å². The van der Waals surface area contributed by atoms with Crippen LogP contribution in [0.1, 0.15) is 27.7 Å². The number of hydrogen-bond donors (Lipinski definition) is 0. The van der Waals surface area contributed by atoms with Gasteiger partial charge in [-0.2, -0.15) is 0 Å². The molecule has 1 heterocycles. The van der Waals surface area contributed by atoms with Gasteiger partial charge in [0, 0.05) is 58.6 Å². The fourth-order valence-electron chi connectivity index (χ4n) is 4.31. The Balaban J connectivity index is 0.00000361. The smallest absolute Gasteiger partial charge is 0.338 e. The lowest BCUT2D eigenvalue weighted by molar-refractivity contribution is -0.130. The van der Waals surface area contributed by atoms with Gasteiger partial charge in [-0.05, 0) is 52.0 Å². The minimum atomic E-state index is -0.442. The Morgan fingerprint density at radius 1 is 1.00 bits per heavy atom. The molecule has 0 saturated carbocycles. The number of anilines is 1. The average Bonchev–Trinajstić information content (AvgIpc) is 2.87. The molecule has 188 valence electrons. The van der Waals surface area contributed by atoms with Crippen molar-refractivity contribution in [2.75, 3.05) is 31.6 Å². The number of ether oxygens (including phenoxy) is 1. The van der Waals surface area contributed by atoms with Crippen LogP contribution in [0.2, 0.25) is 0 Å². The van der Waals surface area contributed by atoms with Crippen molar-refractivity contribution in [1.29, 1.82) is 0 Å². The predicted molar refractivity (Wildman–Crippen MR) is 144 cm³/mol. The van der Waals surface area contributed by atoms with E-state index in [1.54, 1.807) is 6.92 Å². The van der Waals surface area contributed by atoms with Crippen molar-refractivity contribution < 1.29 is 26.4 Å². The number of para-hydroxylation sites is 1. The Morgan fingerprint density at radius 3 is 2.39 bits per heavy atom. The second-order valence-electron chi connectivity index (χ2n) is 8.69. The first-order valence-corrected chi connectivity index (χ1v) is 12.1. The van der Waals surface area contributed by atoms with Gasteiger partial charge in [-0.25, -0.2) is 9.37 Å². The van der Waals surface area contributed by atoms with Gasteiger partial charge < -0.3 is 26.5 Å². The molecule has 0 atom stereocenters. The highest BCUT2D eigenvalue weighted by molar-refractivity contribution is 6.04. The molecule has 0 fully saturated rings. The summed E-state index contributed by atoms with van der Waals surface area (Å²) in [5.41, 5.74) is 5.02. The summed E-state index contributed by atoms with van der Waals surface area (Å²) in [6, 6.07) is 20.2. The van der Waals surface area contributed by atoms with Crippen molar-refractivity contribution in [3.05, 3.63) is 78.2 Å². The molecule has 0 spiro atoms. The van der Waals surface area contributed by atoms with Gasteiger partial charge in [0.25, 0.3) is 0 Å². The first-order valence-electron chi connectivity index (χ1n) is 12.1. The number of benzene rings is 3. The highest BCUT2D eigenvalue weighted by Crippen LogP contribution is 2.44. The fraction of sp³-hybridized carbons (Fsp3) is 0.267. The Morgan fingerprint density at radius 2 is 1.72 bits per heavy atom. The topological polar surface area (TPSA) is 45.7 Å². The summed E-state index contributed by atoms with van der Waals surface area (Å²) in [6.07, 6.45) is 0. The molecule has 36 heavy (non-hydrogen) atoms. The van der Waals surface area contributed by atoms with Crippen LogP contribution < -0.4 is 32.0 Å². The molecule has 0 unspecified atom stereocenters. The zero-order chi connectivity index (χ0) is 25.1. The van der Waals surface area contributed by atoms with Crippen LogP contribution in [-0.4, -0.2) is 32.7 Å². The van der Waals surface area contributed by atoms with Crippen LogP contribution in [0.4, 0.5) is 5.69 Å². The summed E-state index contributed by atoms with van der Waals surface area (Å²) < 4.78 is 14.4. The van der Waals surface area contributed by atoms with E-state index in [1.165, 1.54) is 0 Å². The van der Waals surface area contributed by atoms with Gasteiger partial charge in [0.2, 0.25) is 5.36 Å². The molecule has 0 aromatic heterocycles. The molecule has 0 N–H and O–H groups in total. The lowest BCUT2D eigenvalue weighted by Crippen LogP contribution is -3.00. The van der Waals surface area contributed by atoms with Crippen molar-refractivity contribution in [1.82, 2.24) is 4.58 Å². The maximum atomic E-state index is 12.4. The molecule has 5 nitrogen and oxygen atoms in total. The predicted octanol–water partition coefficient (Wildman–Crippen LogP) is 2.96. The van der Waals surface area contributed by atoms with E-state index in [2.05, 4.69) is 80.3 Å². The van der Waals surface area contributed by atoms with Gasteiger partial charge >= 0.3 is 5.97 Å². The molecule has 1 aliphatic carbocycles. The van der Waals surface area contributed by atoms with Crippen molar-refractivity contribution in [3.8, 4) is 28.2 Å². The highest BCUT2D eigenvalue weighted by atomic mass is 35.5. The monoisotopic (exact) mass is 504 g/mol. The highest BCUT2D eigenvalue weighted by Gasteiger charge is 2.22. The van der Waals surface area contributed by atoms with Crippen molar-refractivity contribution in [2.24, 2.45) is 0 Å². The lowest BCUT2D eigenvalue weighted by Gasteiger charge is -2.22. The summed E-state index contributed by atoms with van der Waals surface area (Å²) in [5.74, 6) is 0.835. The number of hydrogen-bond acceptors (Lipinski definition) is 4. The number of fused-ring (bicyclic) bond motifs is 2. The number of carbonyl (C=O) groups excluding carboxylic acids is 1. The van der Waals surface area contributed by atoms with Crippen LogP contribution in [0.5, 0.6) is 5.75 Å². The van der Waals surface area contributed by atoms with E-state index >= 15 is 0 Å². The normalized spacial score (nSPS) is 11.7. The first kappa shape index (κ1) is 27.0. The third-order valence-corrected chi connectivity index (χ3v) is 6.44. The van der Waals surface area contributed by atoms with Crippen molar-refractivity contribution in [2.45, 2.75) is 27.7 Å². The molecule has 2 aromatic rings. The van der Waals surface area contributed by atoms with E-state index < -0.39 is 5.97 Å².